The van der Waals surface area contributed by atoms with E-state index in [-0.39, 0.29) is 16.3 Å². The normalized spacial score (nSPS) is 17.9. The zero-order chi connectivity index (χ0) is 25.0. The van der Waals surface area contributed by atoms with Crippen LogP contribution in [0, 0.1) is 0 Å². The molecule has 0 spiro atoms. The van der Waals surface area contributed by atoms with Gasteiger partial charge in [-0.3, -0.25) is 0 Å². The van der Waals surface area contributed by atoms with E-state index in [0.717, 1.165) is 17.7 Å². The van der Waals surface area contributed by atoms with Crippen molar-refractivity contribution in [2.45, 2.75) is 36.2 Å². The van der Waals surface area contributed by atoms with E-state index >= 15 is 4.39 Å². The van der Waals surface area contributed by atoms with Crippen molar-refractivity contribution in [3.63, 3.8) is 0 Å². The van der Waals surface area contributed by atoms with Crippen LogP contribution in [0.25, 0.3) is 34.0 Å². The Bertz CT molecular complexity index is 1530. The van der Waals surface area contributed by atoms with Crippen LogP contribution in [0.5, 0.6) is 0 Å². The summed E-state index contributed by atoms with van der Waals surface area (Å²) in [6, 6.07) is 14.1. The Morgan fingerprint density at radius 1 is 1.09 bits per heavy atom. The number of aromatic nitrogens is 3. The summed E-state index contributed by atoms with van der Waals surface area (Å²) >= 11 is 0. The van der Waals surface area contributed by atoms with Gasteiger partial charge >= 0.3 is 0 Å². The number of benzene rings is 2. The predicted molar refractivity (Wildman–Crippen MR) is 131 cm³/mol. The summed E-state index contributed by atoms with van der Waals surface area (Å²) < 4.78 is 44.5. The molecule has 35 heavy (non-hydrogen) atoms. The van der Waals surface area contributed by atoms with Crippen molar-refractivity contribution in [2.75, 3.05) is 12.8 Å². The number of nitrogens with one attached hydrogen (secondary N) is 1. The molecular weight excluding hydrogens is 469 g/mol. The van der Waals surface area contributed by atoms with Gasteiger partial charge in [-0.25, -0.2) is 22.8 Å². The monoisotopic (exact) mass is 493 g/mol. The van der Waals surface area contributed by atoms with Gasteiger partial charge < -0.3 is 15.6 Å². The summed E-state index contributed by atoms with van der Waals surface area (Å²) in [4.78, 5) is 8.83. The fraction of sp³-hybridized carbons (Fsp3) is 0.240. The van der Waals surface area contributed by atoms with Crippen LogP contribution in [0.3, 0.4) is 0 Å². The number of sulfone groups is 1. The van der Waals surface area contributed by atoms with E-state index in [1.54, 1.807) is 12.1 Å². The molecule has 0 saturated heterocycles. The van der Waals surface area contributed by atoms with Gasteiger partial charge in [-0.2, -0.15) is 0 Å². The van der Waals surface area contributed by atoms with Gasteiger partial charge in [0.05, 0.1) is 16.8 Å². The number of rotatable bonds is 5. The summed E-state index contributed by atoms with van der Waals surface area (Å²) in [6.07, 6.45) is -0.189. The third kappa shape index (κ3) is 3.69. The molecule has 4 aromatic rings. The van der Waals surface area contributed by atoms with E-state index in [1.807, 2.05) is 31.3 Å². The SMILES string of the molecule is CNCc1ccc(-c2cc(-c3nc(-c4ccc5c(c4)[C@@H](F)C(C)(C)S5(=O)=O)cnc3N)no2)cc1. The number of anilines is 1. The summed E-state index contributed by atoms with van der Waals surface area (Å²) in [5.74, 6) is 0.707. The third-order valence-corrected chi connectivity index (χ3v) is 8.89. The maximum Gasteiger partial charge on any atom is 0.187 e. The Morgan fingerprint density at radius 2 is 1.80 bits per heavy atom. The summed E-state index contributed by atoms with van der Waals surface area (Å²) in [5.41, 5.74) is 9.85. The molecule has 1 atom stereocenters. The molecule has 2 aromatic heterocycles. The number of halogens is 1. The first-order valence-corrected chi connectivity index (χ1v) is 12.5. The van der Waals surface area contributed by atoms with Crippen molar-refractivity contribution in [3.8, 4) is 34.0 Å². The number of hydrogen-bond donors (Lipinski definition) is 2. The predicted octanol–water partition coefficient (Wildman–Crippen LogP) is 4.34. The first-order valence-electron chi connectivity index (χ1n) is 11.0. The lowest BCUT2D eigenvalue weighted by molar-refractivity contribution is 0.284. The minimum atomic E-state index is -3.78. The van der Waals surface area contributed by atoms with Gasteiger partial charge in [0.2, 0.25) is 0 Å². The van der Waals surface area contributed by atoms with Gasteiger partial charge in [0.1, 0.15) is 22.3 Å². The third-order valence-electron chi connectivity index (χ3n) is 6.34. The van der Waals surface area contributed by atoms with Gasteiger partial charge in [-0.05, 0) is 38.6 Å². The summed E-state index contributed by atoms with van der Waals surface area (Å²) in [7, 11) is -1.89. The fourth-order valence-electron chi connectivity index (χ4n) is 4.18. The van der Waals surface area contributed by atoms with Gasteiger partial charge in [-0.15, -0.1) is 0 Å². The summed E-state index contributed by atoms with van der Waals surface area (Å²) in [6.45, 7) is 3.55. The van der Waals surface area contributed by atoms with Crippen LogP contribution >= 0.6 is 0 Å². The van der Waals surface area contributed by atoms with Crippen molar-refractivity contribution in [2.24, 2.45) is 0 Å². The molecule has 0 aliphatic carbocycles. The number of nitrogens with zero attached hydrogens (tertiary/aromatic N) is 3. The maximum atomic E-state index is 15.1. The highest BCUT2D eigenvalue weighted by atomic mass is 32.2. The Balaban J connectivity index is 1.50. The first kappa shape index (κ1) is 23.1. The van der Waals surface area contributed by atoms with E-state index in [0.29, 0.717) is 28.4 Å². The molecule has 0 radical (unpaired) electrons. The average molecular weight is 494 g/mol. The minimum Gasteiger partial charge on any atom is -0.382 e. The van der Waals surface area contributed by atoms with Gasteiger partial charge in [0.15, 0.2) is 21.4 Å². The molecule has 1 aliphatic heterocycles. The topological polar surface area (TPSA) is 124 Å². The lowest BCUT2D eigenvalue weighted by atomic mass is 9.98. The quantitative estimate of drug-likeness (QED) is 0.421. The smallest absolute Gasteiger partial charge is 0.187 e. The average Bonchev–Trinajstić information content (AvgIpc) is 3.38. The van der Waals surface area contributed by atoms with E-state index in [1.165, 1.54) is 32.2 Å². The van der Waals surface area contributed by atoms with Crippen LogP contribution in [-0.2, 0) is 16.4 Å². The molecule has 0 unspecified atom stereocenters. The van der Waals surface area contributed by atoms with E-state index in [2.05, 4.69) is 20.4 Å². The highest BCUT2D eigenvalue weighted by molar-refractivity contribution is 7.93. The molecule has 0 amide bonds. The van der Waals surface area contributed by atoms with Crippen LogP contribution in [0.1, 0.15) is 31.1 Å². The second-order valence-corrected chi connectivity index (χ2v) is 11.5. The lowest BCUT2D eigenvalue weighted by Gasteiger charge is -2.19. The van der Waals surface area contributed by atoms with Crippen molar-refractivity contribution < 1.29 is 17.3 Å². The van der Waals surface area contributed by atoms with Crippen LogP contribution in [-0.4, -0.2) is 35.3 Å². The molecule has 8 nitrogen and oxygen atoms in total. The Labute approximate surface area is 202 Å². The molecule has 0 saturated carbocycles. The Hall–Kier alpha value is -3.63. The van der Waals surface area contributed by atoms with Gasteiger partial charge in [-0.1, -0.05) is 35.5 Å². The van der Waals surface area contributed by atoms with E-state index in [4.69, 9.17) is 10.3 Å². The largest absolute Gasteiger partial charge is 0.382 e. The molecule has 180 valence electrons. The zero-order valence-electron chi connectivity index (χ0n) is 19.4. The molecule has 5 rings (SSSR count). The molecule has 1 aliphatic rings. The van der Waals surface area contributed by atoms with E-state index < -0.39 is 20.8 Å². The number of hydrogen-bond acceptors (Lipinski definition) is 8. The maximum absolute atomic E-state index is 15.1. The highest BCUT2D eigenvalue weighted by Crippen LogP contribution is 2.49. The second kappa shape index (κ2) is 8.24. The van der Waals surface area contributed by atoms with Crippen LogP contribution in [0.4, 0.5) is 10.2 Å². The van der Waals surface area contributed by atoms with Crippen molar-refractivity contribution in [1.29, 1.82) is 0 Å². The number of nitrogen functional groups attached to an aromatic ring is 1. The zero-order valence-corrected chi connectivity index (χ0v) is 20.2. The van der Waals surface area contributed by atoms with Crippen LogP contribution < -0.4 is 11.1 Å². The van der Waals surface area contributed by atoms with Gasteiger partial charge in [0.25, 0.3) is 0 Å². The molecule has 3 N–H and O–H groups in total. The molecule has 2 aromatic carbocycles. The van der Waals surface area contributed by atoms with Crippen LogP contribution in [0.2, 0.25) is 0 Å². The second-order valence-electron chi connectivity index (χ2n) is 9.01. The van der Waals surface area contributed by atoms with Crippen LogP contribution in [0.15, 0.2) is 64.1 Å². The van der Waals surface area contributed by atoms with Crippen molar-refractivity contribution >= 4 is 15.7 Å². The van der Waals surface area contributed by atoms with Crippen molar-refractivity contribution in [1.82, 2.24) is 20.4 Å². The van der Waals surface area contributed by atoms with Gasteiger partial charge in [0, 0.05) is 29.3 Å². The molecule has 0 bridgehead atoms. The lowest BCUT2D eigenvalue weighted by Crippen LogP contribution is -2.30. The number of fused-ring (bicyclic) bond motifs is 1. The Kier molecular flexibility index (Phi) is 5.45. The molecular formula is C25H24FN5O3S. The highest BCUT2D eigenvalue weighted by Gasteiger charge is 2.52. The fourth-order valence-corrected chi connectivity index (χ4v) is 5.87. The van der Waals surface area contributed by atoms with Crippen molar-refractivity contribution in [3.05, 3.63) is 65.9 Å². The van der Waals surface area contributed by atoms with E-state index in [9.17, 15) is 8.42 Å². The standard InChI is InChI=1S/C25H24FN5O3S/c1-25(2)23(26)17-10-16(8-9-21(17)35(25,32)33)19-13-29-24(27)22(30-19)18-11-20(34-31-18)15-6-4-14(5-7-15)12-28-3/h4-11,13,23,28H,12H2,1-3H3,(H2,27,29)/t23-/m1/s1. The minimum absolute atomic E-state index is 0.00394. The molecule has 3 heterocycles. The molecule has 10 heteroatoms. The molecule has 0 fully saturated rings. The number of alkyl halides is 1. The summed E-state index contributed by atoms with van der Waals surface area (Å²) in [5, 5.41) is 7.22. The number of nitrogens with two attached hydrogens (primary N) is 1. The first-order chi connectivity index (χ1) is 16.6. The Morgan fingerprint density at radius 3 is 2.51 bits per heavy atom.